The van der Waals surface area contributed by atoms with Gasteiger partial charge in [0.2, 0.25) is 5.91 Å². The molecule has 126 valence electrons. The SMILES string of the molecule is CCOC(=O)C1CCN(C(=O)CNC(C)c2ccccc2)CC1. The first-order valence-corrected chi connectivity index (χ1v) is 8.34. The van der Waals surface area contributed by atoms with Crippen molar-refractivity contribution in [3.63, 3.8) is 0 Å². The lowest BCUT2D eigenvalue weighted by molar-refractivity contribution is -0.151. The molecule has 1 aromatic rings. The van der Waals surface area contributed by atoms with Crippen molar-refractivity contribution in [2.24, 2.45) is 5.92 Å². The number of rotatable bonds is 6. The van der Waals surface area contributed by atoms with Gasteiger partial charge in [0.25, 0.3) is 0 Å². The molecule has 1 aliphatic rings. The summed E-state index contributed by atoms with van der Waals surface area (Å²) in [5.41, 5.74) is 1.17. The number of esters is 1. The number of ether oxygens (including phenoxy) is 1. The summed E-state index contributed by atoms with van der Waals surface area (Å²) in [5, 5.41) is 3.27. The lowest BCUT2D eigenvalue weighted by Gasteiger charge is -2.31. The number of carbonyl (C=O) groups is 2. The largest absolute Gasteiger partial charge is 0.466 e. The van der Waals surface area contributed by atoms with Crippen LogP contribution in [-0.4, -0.2) is 43.0 Å². The fraction of sp³-hybridized carbons (Fsp3) is 0.556. The Morgan fingerprint density at radius 1 is 1.26 bits per heavy atom. The Morgan fingerprint density at radius 2 is 1.91 bits per heavy atom. The van der Waals surface area contributed by atoms with Gasteiger partial charge in [-0.05, 0) is 32.3 Å². The highest BCUT2D eigenvalue weighted by molar-refractivity contribution is 5.79. The summed E-state index contributed by atoms with van der Waals surface area (Å²) in [6.07, 6.45) is 1.39. The summed E-state index contributed by atoms with van der Waals surface area (Å²) in [5.74, 6) is -0.0966. The highest BCUT2D eigenvalue weighted by atomic mass is 16.5. The maximum atomic E-state index is 12.3. The molecule has 1 aromatic carbocycles. The second kappa shape index (κ2) is 8.67. The summed E-state index contributed by atoms with van der Waals surface area (Å²) in [7, 11) is 0. The molecule has 1 unspecified atom stereocenters. The molecule has 2 rings (SSSR count). The van der Waals surface area contributed by atoms with E-state index >= 15 is 0 Å². The maximum absolute atomic E-state index is 12.3. The number of benzene rings is 1. The van der Waals surface area contributed by atoms with Crippen LogP contribution in [-0.2, 0) is 14.3 Å². The molecule has 0 saturated carbocycles. The number of amides is 1. The molecule has 1 atom stereocenters. The molecule has 1 heterocycles. The second-order valence-electron chi connectivity index (χ2n) is 5.92. The van der Waals surface area contributed by atoms with Crippen molar-refractivity contribution < 1.29 is 14.3 Å². The Bertz CT molecular complexity index is 510. The van der Waals surface area contributed by atoms with E-state index in [0.717, 1.165) is 0 Å². The van der Waals surface area contributed by atoms with Crippen LogP contribution in [0.3, 0.4) is 0 Å². The first kappa shape index (κ1) is 17.5. The first-order chi connectivity index (χ1) is 11.1. The van der Waals surface area contributed by atoms with Crippen LogP contribution in [0.2, 0.25) is 0 Å². The third-order valence-electron chi connectivity index (χ3n) is 4.33. The van der Waals surface area contributed by atoms with Crippen LogP contribution >= 0.6 is 0 Å². The summed E-state index contributed by atoms with van der Waals surface area (Å²) in [4.78, 5) is 25.8. The van der Waals surface area contributed by atoms with Crippen LogP contribution in [0, 0.1) is 5.92 Å². The number of nitrogens with zero attached hydrogens (tertiary/aromatic N) is 1. The Kier molecular flexibility index (Phi) is 6.59. The van der Waals surface area contributed by atoms with Gasteiger partial charge in [0.05, 0.1) is 19.1 Å². The molecule has 1 fully saturated rings. The number of hydrogen-bond acceptors (Lipinski definition) is 4. The quantitative estimate of drug-likeness (QED) is 0.817. The zero-order chi connectivity index (χ0) is 16.7. The van der Waals surface area contributed by atoms with Crippen LogP contribution in [0.15, 0.2) is 30.3 Å². The van der Waals surface area contributed by atoms with Gasteiger partial charge in [-0.15, -0.1) is 0 Å². The molecule has 1 aliphatic heterocycles. The maximum Gasteiger partial charge on any atom is 0.309 e. The van der Waals surface area contributed by atoms with Crippen LogP contribution in [0.4, 0.5) is 0 Å². The summed E-state index contributed by atoms with van der Waals surface area (Å²) in [6.45, 7) is 5.86. The minimum atomic E-state index is -0.129. The Hall–Kier alpha value is -1.88. The molecule has 0 spiro atoms. The lowest BCUT2D eigenvalue weighted by Crippen LogP contribution is -2.44. The van der Waals surface area contributed by atoms with Gasteiger partial charge in [-0.3, -0.25) is 9.59 Å². The predicted octanol–water partition coefficient (Wildman–Crippen LogP) is 2.14. The molecule has 0 radical (unpaired) electrons. The van der Waals surface area contributed by atoms with E-state index in [2.05, 4.69) is 12.2 Å². The molecule has 23 heavy (non-hydrogen) atoms. The summed E-state index contributed by atoms with van der Waals surface area (Å²) < 4.78 is 5.05. The molecule has 0 bridgehead atoms. The summed E-state index contributed by atoms with van der Waals surface area (Å²) >= 11 is 0. The number of likely N-dealkylation sites (tertiary alicyclic amines) is 1. The van der Waals surface area contributed by atoms with Crippen molar-refractivity contribution in [2.75, 3.05) is 26.2 Å². The smallest absolute Gasteiger partial charge is 0.309 e. The van der Waals surface area contributed by atoms with Gasteiger partial charge in [-0.25, -0.2) is 0 Å². The molecular weight excluding hydrogens is 292 g/mol. The fourth-order valence-corrected chi connectivity index (χ4v) is 2.84. The van der Waals surface area contributed by atoms with Gasteiger partial charge in [0.15, 0.2) is 0 Å². The van der Waals surface area contributed by atoms with E-state index < -0.39 is 0 Å². The van der Waals surface area contributed by atoms with E-state index in [9.17, 15) is 9.59 Å². The third-order valence-corrected chi connectivity index (χ3v) is 4.33. The number of piperidine rings is 1. The Morgan fingerprint density at radius 3 is 2.52 bits per heavy atom. The van der Waals surface area contributed by atoms with E-state index in [4.69, 9.17) is 4.74 Å². The molecule has 5 heteroatoms. The van der Waals surface area contributed by atoms with Crippen LogP contribution in [0.5, 0.6) is 0 Å². The normalized spacial score (nSPS) is 16.9. The average Bonchev–Trinajstić information content (AvgIpc) is 2.60. The van der Waals surface area contributed by atoms with E-state index in [1.54, 1.807) is 0 Å². The van der Waals surface area contributed by atoms with Crippen molar-refractivity contribution in [3.05, 3.63) is 35.9 Å². The topological polar surface area (TPSA) is 58.6 Å². The van der Waals surface area contributed by atoms with Gasteiger partial charge >= 0.3 is 5.97 Å². The fourth-order valence-electron chi connectivity index (χ4n) is 2.84. The van der Waals surface area contributed by atoms with Gasteiger partial charge in [-0.1, -0.05) is 30.3 Å². The second-order valence-corrected chi connectivity index (χ2v) is 5.92. The number of hydrogen-bond donors (Lipinski definition) is 1. The monoisotopic (exact) mass is 318 g/mol. The van der Waals surface area contributed by atoms with Gasteiger partial charge in [-0.2, -0.15) is 0 Å². The Balaban J connectivity index is 1.74. The molecule has 1 amide bonds. The van der Waals surface area contributed by atoms with E-state index in [0.29, 0.717) is 39.1 Å². The highest BCUT2D eigenvalue weighted by Crippen LogP contribution is 2.19. The van der Waals surface area contributed by atoms with E-state index in [1.165, 1.54) is 5.56 Å². The molecule has 1 N–H and O–H groups in total. The standard InChI is InChI=1S/C18H26N2O3/c1-3-23-18(22)16-9-11-20(12-10-16)17(21)13-19-14(2)15-7-5-4-6-8-15/h4-8,14,16,19H,3,9-13H2,1-2H3. The molecule has 1 saturated heterocycles. The van der Waals surface area contributed by atoms with Gasteiger partial charge in [0, 0.05) is 19.1 Å². The zero-order valence-electron chi connectivity index (χ0n) is 14.0. The van der Waals surface area contributed by atoms with Gasteiger partial charge in [0.1, 0.15) is 0 Å². The average molecular weight is 318 g/mol. The van der Waals surface area contributed by atoms with E-state index in [-0.39, 0.29) is 23.8 Å². The minimum absolute atomic E-state index is 0.0600. The van der Waals surface area contributed by atoms with Crippen LogP contribution in [0.25, 0.3) is 0 Å². The molecule has 0 aromatic heterocycles. The molecular formula is C18H26N2O3. The van der Waals surface area contributed by atoms with Gasteiger partial charge < -0.3 is 15.0 Å². The third kappa shape index (κ3) is 5.06. The van der Waals surface area contributed by atoms with Crippen molar-refractivity contribution in [3.8, 4) is 0 Å². The van der Waals surface area contributed by atoms with Crippen molar-refractivity contribution in [1.82, 2.24) is 10.2 Å². The lowest BCUT2D eigenvalue weighted by atomic mass is 9.97. The van der Waals surface area contributed by atoms with Crippen molar-refractivity contribution >= 4 is 11.9 Å². The first-order valence-electron chi connectivity index (χ1n) is 8.34. The van der Waals surface area contributed by atoms with E-state index in [1.807, 2.05) is 42.2 Å². The zero-order valence-corrected chi connectivity index (χ0v) is 14.0. The van der Waals surface area contributed by atoms with Crippen molar-refractivity contribution in [1.29, 1.82) is 0 Å². The molecule has 5 nitrogen and oxygen atoms in total. The van der Waals surface area contributed by atoms with Crippen LogP contribution < -0.4 is 5.32 Å². The summed E-state index contributed by atoms with van der Waals surface area (Å²) in [6, 6.07) is 10.2. The minimum Gasteiger partial charge on any atom is -0.466 e. The van der Waals surface area contributed by atoms with Crippen LogP contribution in [0.1, 0.15) is 38.3 Å². The van der Waals surface area contributed by atoms with Crippen molar-refractivity contribution in [2.45, 2.75) is 32.7 Å². The number of nitrogens with one attached hydrogen (secondary N) is 1. The Labute approximate surface area is 138 Å². The highest BCUT2D eigenvalue weighted by Gasteiger charge is 2.28. The molecule has 0 aliphatic carbocycles. The predicted molar refractivity (Wildman–Crippen MR) is 88.8 cm³/mol. The number of carbonyl (C=O) groups excluding carboxylic acids is 2.